The van der Waals surface area contributed by atoms with Gasteiger partial charge in [-0.15, -0.1) is 0 Å². The number of halogens is 3. The molecule has 0 saturated carbocycles. The fraction of sp³-hybridized carbons (Fsp3) is 0.176. The molecule has 0 aliphatic rings. The molecule has 0 fully saturated rings. The van der Waals surface area contributed by atoms with Crippen molar-refractivity contribution in [2.75, 3.05) is 6.54 Å². The molecular formula is C17H16FI2N3OS. The maximum atomic E-state index is 13.2. The molecule has 0 heterocycles. The summed E-state index contributed by atoms with van der Waals surface area (Å²) in [7, 11) is 0. The van der Waals surface area contributed by atoms with Crippen LogP contribution >= 0.6 is 57.4 Å². The summed E-state index contributed by atoms with van der Waals surface area (Å²) < 4.78 is 21.0. The van der Waals surface area contributed by atoms with Crippen molar-refractivity contribution < 1.29 is 9.13 Å². The van der Waals surface area contributed by atoms with E-state index in [1.54, 1.807) is 12.3 Å². The molecule has 0 amide bonds. The van der Waals surface area contributed by atoms with Crippen LogP contribution in [-0.4, -0.2) is 17.9 Å². The molecule has 132 valence electrons. The van der Waals surface area contributed by atoms with E-state index in [0.29, 0.717) is 11.7 Å². The zero-order valence-corrected chi connectivity index (χ0v) is 18.5. The van der Waals surface area contributed by atoms with Gasteiger partial charge in [0.25, 0.3) is 0 Å². The third kappa shape index (κ3) is 6.66. The van der Waals surface area contributed by atoms with Gasteiger partial charge < -0.3 is 10.1 Å². The number of hydrogen-bond acceptors (Lipinski definition) is 3. The summed E-state index contributed by atoms with van der Waals surface area (Å²) in [5, 5.41) is 7.55. The van der Waals surface area contributed by atoms with Gasteiger partial charge in [0, 0.05) is 6.54 Å². The summed E-state index contributed by atoms with van der Waals surface area (Å²) in [5.41, 5.74) is 4.48. The Morgan fingerprint density at radius 1 is 1.28 bits per heavy atom. The molecule has 0 aliphatic carbocycles. The van der Waals surface area contributed by atoms with Crippen molar-refractivity contribution in [2.45, 2.75) is 13.5 Å². The molecule has 0 bridgehead atoms. The first kappa shape index (κ1) is 20.3. The second-order valence-corrected chi connectivity index (χ2v) is 7.69. The van der Waals surface area contributed by atoms with E-state index in [2.05, 4.69) is 61.0 Å². The van der Waals surface area contributed by atoms with Crippen LogP contribution in [0.4, 0.5) is 4.39 Å². The number of hydrogen-bond donors (Lipinski definition) is 2. The van der Waals surface area contributed by atoms with Gasteiger partial charge in [-0.3, -0.25) is 5.43 Å². The molecule has 4 nitrogen and oxygen atoms in total. The second-order valence-electron chi connectivity index (χ2n) is 4.96. The van der Waals surface area contributed by atoms with Gasteiger partial charge in [-0.1, -0.05) is 12.1 Å². The standard InChI is InChI=1S/C17H16FI2N3OS/c1-2-21-17(25)23-22-9-12-7-14(19)16(15(20)8-12)24-10-11-4-3-5-13(18)6-11/h3-9H,2,10H2,1H3,(H2,21,23,25)/b22-9-. The Bertz CT molecular complexity index is 763. The maximum Gasteiger partial charge on any atom is 0.186 e. The Kier molecular flexibility index (Phi) is 8.30. The topological polar surface area (TPSA) is 45.7 Å². The maximum absolute atomic E-state index is 13.2. The van der Waals surface area contributed by atoms with Gasteiger partial charge in [0.05, 0.1) is 13.4 Å². The molecular weight excluding hydrogens is 567 g/mol. The molecule has 2 aromatic rings. The van der Waals surface area contributed by atoms with Crippen LogP contribution < -0.4 is 15.5 Å². The lowest BCUT2D eigenvalue weighted by atomic mass is 10.2. The van der Waals surface area contributed by atoms with E-state index in [1.807, 2.05) is 25.1 Å². The van der Waals surface area contributed by atoms with E-state index >= 15 is 0 Å². The first-order valence-corrected chi connectivity index (χ1v) is 9.99. The molecule has 0 aliphatic heterocycles. The lowest BCUT2D eigenvalue weighted by Crippen LogP contribution is -2.31. The predicted octanol–water partition coefficient (Wildman–Crippen LogP) is 4.43. The molecule has 0 radical (unpaired) electrons. The van der Waals surface area contributed by atoms with E-state index < -0.39 is 0 Å². The molecule has 0 atom stereocenters. The second kappa shape index (κ2) is 10.2. The molecule has 2 rings (SSSR count). The minimum absolute atomic E-state index is 0.264. The molecule has 25 heavy (non-hydrogen) atoms. The van der Waals surface area contributed by atoms with Gasteiger partial charge in [-0.05, 0) is 99.7 Å². The van der Waals surface area contributed by atoms with Crippen molar-refractivity contribution >= 4 is 68.7 Å². The highest BCUT2D eigenvalue weighted by atomic mass is 127. The van der Waals surface area contributed by atoms with E-state index in [0.717, 1.165) is 30.6 Å². The summed E-state index contributed by atoms with van der Waals surface area (Å²) in [6, 6.07) is 10.3. The molecule has 2 N–H and O–H groups in total. The van der Waals surface area contributed by atoms with Crippen molar-refractivity contribution in [3.05, 3.63) is 60.5 Å². The Morgan fingerprint density at radius 2 is 2.00 bits per heavy atom. The number of rotatable bonds is 6. The van der Waals surface area contributed by atoms with Crippen molar-refractivity contribution in [2.24, 2.45) is 5.10 Å². The quantitative estimate of drug-likeness (QED) is 0.229. The van der Waals surface area contributed by atoms with Gasteiger partial charge in [0.1, 0.15) is 18.2 Å². The van der Waals surface area contributed by atoms with Gasteiger partial charge in [0.15, 0.2) is 5.11 Å². The summed E-state index contributed by atoms with van der Waals surface area (Å²) >= 11 is 9.48. The summed E-state index contributed by atoms with van der Waals surface area (Å²) in [4.78, 5) is 0. The van der Waals surface area contributed by atoms with Crippen LogP contribution in [0.2, 0.25) is 0 Å². The van der Waals surface area contributed by atoms with Gasteiger partial charge in [-0.2, -0.15) is 5.10 Å². The highest BCUT2D eigenvalue weighted by molar-refractivity contribution is 14.1. The molecule has 2 aromatic carbocycles. The van der Waals surface area contributed by atoms with Crippen LogP contribution in [0, 0.1) is 13.0 Å². The summed E-state index contributed by atoms with van der Waals surface area (Å²) in [6.45, 7) is 3.02. The minimum Gasteiger partial charge on any atom is -0.487 e. The molecule has 0 unspecified atom stereocenters. The largest absolute Gasteiger partial charge is 0.487 e. The van der Waals surface area contributed by atoms with Crippen molar-refractivity contribution in [1.29, 1.82) is 0 Å². The molecule has 0 spiro atoms. The van der Waals surface area contributed by atoms with Gasteiger partial charge in [0.2, 0.25) is 0 Å². The molecule has 0 aromatic heterocycles. The van der Waals surface area contributed by atoms with Crippen LogP contribution in [0.3, 0.4) is 0 Å². The van der Waals surface area contributed by atoms with Crippen LogP contribution in [0.1, 0.15) is 18.1 Å². The first-order valence-electron chi connectivity index (χ1n) is 7.42. The normalized spacial score (nSPS) is 10.7. The van der Waals surface area contributed by atoms with Crippen LogP contribution in [0.15, 0.2) is 41.5 Å². The van der Waals surface area contributed by atoms with Gasteiger partial charge in [-0.25, -0.2) is 4.39 Å². The fourth-order valence-electron chi connectivity index (χ4n) is 1.94. The Morgan fingerprint density at radius 3 is 2.64 bits per heavy atom. The molecule has 8 heteroatoms. The number of thiocarbonyl (C=S) groups is 1. The Labute approximate surface area is 178 Å². The molecule has 0 saturated heterocycles. The number of nitrogens with one attached hydrogen (secondary N) is 2. The zero-order chi connectivity index (χ0) is 18.2. The van der Waals surface area contributed by atoms with Crippen molar-refractivity contribution in [1.82, 2.24) is 10.7 Å². The van der Waals surface area contributed by atoms with E-state index in [-0.39, 0.29) is 5.82 Å². The SMILES string of the molecule is CCNC(=S)N/N=C\c1cc(I)c(OCc2cccc(F)c2)c(I)c1. The highest BCUT2D eigenvalue weighted by Crippen LogP contribution is 2.29. The average molecular weight is 583 g/mol. The van der Waals surface area contributed by atoms with Crippen molar-refractivity contribution in [3.63, 3.8) is 0 Å². The number of ether oxygens (including phenoxy) is 1. The minimum atomic E-state index is -0.264. The highest BCUT2D eigenvalue weighted by Gasteiger charge is 2.09. The van der Waals surface area contributed by atoms with E-state index in [9.17, 15) is 4.39 Å². The van der Waals surface area contributed by atoms with Gasteiger partial charge >= 0.3 is 0 Å². The fourth-order valence-corrected chi connectivity index (χ4v) is 4.26. The summed E-state index contributed by atoms with van der Waals surface area (Å²) in [5.74, 6) is 0.513. The smallest absolute Gasteiger partial charge is 0.186 e. The monoisotopic (exact) mass is 583 g/mol. The number of nitrogens with zero attached hydrogens (tertiary/aromatic N) is 1. The Hall–Kier alpha value is -1.01. The lowest BCUT2D eigenvalue weighted by molar-refractivity contribution is 0.301. The van der Waals surface area contributed by atoms with Crippen LogP contribution in [0.25, 0.3) is 0 Å². The lowest BCUT2D eigenvalue weighted by Gasteiger charge is -2.11. The van der Waals surface area contributed by atoms with E-state index in [1.165, 1.54) is 12.1 Å². The van der Waals surface area contributed by atoms with Crippen molar-refractivity contribution in [3.8, 4) is 5.75 Å². The first-order chi connectivity index (χ1) is 12.0. The van der Waals surface area contributed by atoms with E-state index in [4.69, 9.17) is 17.0 Å². The predicted molar refractivity (Wildman–Crippen MR) is 120 cm³/mol. The van der Waals surface area contributed by atoms with Crippen LogP contribution in [0.5, 0.6) is 5.75 Å². The Balaban J connectivity index is 2.04. The average Bonchev–Trinajstić information content (AvgIpc) is 2.54. The third-order valence-corrected chi connectivity index (χ3v) is 4.85. The number of benzene rings is 2. The zero-order valence-electron chi connectivity index (χ0n) is 13.4. The summed E-state index contributed by atoms with van der Waals surface area (Å²) in [6.07, 6.45) is 1.70. The third-order valence-electron chi connectivity index (χ3n) is 3.01. The van der Waals surface area contributed by atoms with Crippen LogP contribution in [-0.2, 0) is 6.61 Å². The number of hydrazone groups is 1.